The molecule has 0 radical (unpaired) electrons. The van der Waals surface area contributed by atoms with Crippen LogP contribution < -0.4 is 10.1 Å². The van der Waals surface area contributed by atoms with Crippen molar-refractivity contribution in [2.45, 2.75) is 19.3 Å². The van der Waals surface area contributed by atoms with Crippen LogP contribution in [0, 0.1) is 0 Å². The molecule has 1 saturated heterocycles. The molecule has 0 bridgehead atoms. The molecular formula is C21H21N3O3S. The summed E-state index contributed by atoms with van der Waals surface area (Å²) in [6.07, 6.45) is 3.28. The Hall–Kier alpha value is -2.93. The molecule has 0 aliphatic carbocycles. The van der Waals surface area contributed by atoms with Crippen LogP contribution in [-0.2, 0) is 4.79 Å². The first-order valence-corrected chi connectivity index (χ1v) is 10.2. The molecular weight excluding hydrogens is 374 g/mol. The number of nitrogens with zero attached hydrogens (tertiary/aromatic N) is 2. The van der Waals surface area contributed by atoms with E-state index in [2.05, 4.69) is 10.3 Å². The predicted molar refractivity (Wildman–Crippen MR) is 110 cm³/mol. The molecule has 1 aromatic heterocycles. The van der Waals surface area contributed by atoms with Crippen LogP contribution >= 0.6 is 11.3 Å². The lowest BCUT2D eigenvalue weighted by molar-refractivity contribution is -0.134. The first kappa shape index (κ1) is 18.4. The molecule has 3 aromatic rings. The molecule has 144 valence electrons. The van der Waals surface area contributed by atoms with Crippen LogP contribution in [0.25, 0.3) is 10.2 Å². The molecule has 0 unspecified atom stereocenters. The van der Waals surface area contributed by atoms with E-state index in [4.69, 9.17) is 4.74 Å². The molecule has 0 atom stereocenters. The second-order valence-corrected chi connectivity index (χ2v) is 7.63. The van der Waals surface area contributed by atoms with E-state index in [1.54, 1.807) is 41.1 Å². The van der Waals surface area contributed by atoms with Gasteiger partial charge in [0.25, 0.3) is 11.8 Å². The number of anilines is 1. The van der Waals surface area contributed by atoms with E-state index in [1.807, 2.05) is 23.1 Å². The van der Waals surface area contributed by atoms with Gasteiger partial charge >= 0.3 is 0 Å². The van der Waals surface area contributed by atoms with Crippen molar-refractivity contribution in [2.24, 2.45) is 0 Å². The summed E-state index contributed by atoms with van der Waals surface area (Å²) in [6.45, 7) is 1.59. The van der Waals surface area contributed by atoms with Gasteiger partial charge in [-0.1, -0.05) is 6.07 Å². The molecule has 1 aliphatic rings. The highest BCUT2D eigenvalue weighted by Crippen LogP contribution is 2.22. The molecule has 1 N–H and O–H groups in total. The largest absolute Gasteiger partial charge is 0.484 e. The van der Waals surface area contributed by atoms with Crippen molar-refractivity contribution in [1.29, 1.82) is 0 Å². The molecule has 1 aliphatic heterocycles. The normalized spacial score (nSPS) is 14.1. The van der Waals surface area contributed by atoms with E-state index in [1.165, 1.54) is 6.42 Å². The van der Waals surface area contributed by atoms with Gasteiger partial charge in [0.2, 0.25) is 0 Å². The van der Waals surface area contributed by atoms with Crippen LogP contribution in [0.2, 0.25) is 0 Å². The zero-order chi connectivity index (χ0) is 19.3. The van der Waals surface area contributed by atoms with E-state index in [-0.39, 0.29) is 18.4 Å². The maximum atomic E-state index is 12.6. The first-order valence-electron chi connectivity index (χ1n) is 9.34. The summed E-state index contributed by atoms with van der Waals surface area (Å²) in [5.41, 5.74) is 3.80. The molecule has 7 heteroatoms. The summed E-state index contributed by atoms with van der Waals surface area (Å²) >= 11 is 1.56. The third-order valence-electron chi connectivity index (χ3n) is 4.76. The number of hydrogen-bond donors (Lipinski definition) is 1. The molecule has 4 rings (SSSR count). The number of ether oxygens (including phenoxy) is 1. The summed E-state index contributed by atoms with van der Waals surface area (Å²) in [5, 5.41) is 2.88. The topological polar surface area (TPSA) is 71.5 Å². The maximum Gasteiger partial charge on any atom is 0.260 e. The van der Waals surface area contributed by atoms with Gasteiger partial charge in [-0.15, -0.1) is 11.3 Å². The number of fused-ring (bicyclic) bond motifs is 1. The zero-order valence-corrected chi connectivity index (χ0v) is 16.2. The minimum absolute atomic E-state index is 0.00822. The van der Waals surface area contributed by atoms with E-state index in [9.17, 15) is 9.59 Å². The Bertz CT molecular complexity index is 995. The molecule has 28 heavy (non-hydrogen) atoms. The number of rotatable bonds is 5. The summed E-state index contributed by atoms with van der Waals surface area (Å²) in [4.78, 5) is 30.9. The molecule has 6 nitrogen and oxygen atoms in total. The minimum atomic E-state index is -0.234. The van der Waals surface area contributed by atoms with Crippen LogP contribution in [0.3, 0.4) is 0 Å². The Morgan fingerprint density at radius 3 is 2.82 bits per heavy atom. The molecule has 1 fully saturated rings. The number of likely N-dealkylation sites (tertiary alicyclic amines) is 1. The molecule has 2 aromatic carbocycles. The Morgan fingerprint density at radius 1 is 1.11 bits per heavy atom. The van der Waals surface area contributed by atoms with Crippen molar-refractivity contribution in [1.82, 2.24) is 9.88 Å². The van der Waals surface area contributed by atoms with E-state index < -0.39 is 0 Å². The summed E-state index contributed by atoms with van der Waals surface area (Å²) in [6, 6.07) is 12.5. The van der Waals surface area contributed by atoms with E-state index in [0.29, 0.717) is 17.0 Å². The minimum Gasteiger partial charge on any atom is -0.484 e. The quantitative estimate of drug-likeness (QED) is 0.710. The van der Waals surface area contributed by atoms with Crippen molar-refractivity contribution < 1.29 is 14.3 Å². The smallest absolute Gasteiger partial charge is 0.260 e. The van der Waals surface area contributed by atoms with Gasteiger partial charge in [0, 0.05) is 24.3 Å². The predicted octanol–water partition coefficient (Wildman–Crippen LogP) is 3.94. The maximum absolute atomic E-state index is 12.6. The highest BCUT2D eigenvalue weighted by molar-refractivity contribution is 7.16. The SMILES string of the molecule is O=C(Nc1ccc2scnc2c1)c1cccc(OCC(=O)N2CCCCC2)c1. The fourth-order valence-electron chi connectivity index (χ4n) is 3.25. The van der Waals surface area contributed by atoms with Crippen LogP contribution in [0.4, 0.5) is 5.69 Å². The van der Waals surface area contributed by atoms with Gasteiger partial charge in [-0.2, -0.15) is 0 Å². The third kappa shape index (κ3) is 4.31. The number of thiazole rings is 1. The number of nitrogens with one attached hydrogen (secondary N) is 1. The monoisotopic (exact) mass is 395 g/mol. The fourth-order valence-corrected chi connectivity index (χ4v) is 3.90. The Balaban J connectivity index is 1.38. The number of amides is 2. The van der Waals surface area contributed by atoms with Crippen molar-refractivity contribution in [3.8, 4) is 5.75 Å². The highest BCUT2D eigenvalue weighted by atomic mass is 32.1. The number of hydrogen-bond acceptors (Lipinski definition) is 5. The number of piperidine rings is 1. The van der Waals surface area contributed by atoms with Gasteiger partial charge in [-0.25, -0.2) is 4.98 Å². The lowest BCUT2D eigenvalue weighted by Crippen LogP contribution is -2.38. The molecule has 2 amide bonds. The Labute approximate surface area is 167 Å². The average Bonchev–Trinajstić information content (AvgIpc) is 3.21. The van der Waals surface area contributed by atoms with Gasteiger partial charge in [-0.05, 0) is 55.7 Å². The van der Waals surface area contributed by atoms with Crippen molar-refractivity contribution in [3.05, 3.63) is 53.5 Å². The van der Waals surface area contributed by atoms with E-state index in [0.717, 1.165) is 36.1 Å². The standard InChI is InChI=1S/C21H21N3O3S/c25-20(24-9-2-1-3-10-24)13-27-17-6-4-5-15(11-17)21(26)23-16-7-8-19-18(12-16)22-14-28-19/h4-8,11-12,14H,1-3,9-10,13H2,(H,23,26). The zero-order valence-electron chi connectivity index (χ0n) is 15.4. The van der Waals surface area contributed by atoms with Crippen molar-refractivity contribution >= 4 is 39.1 Å². The molecule has 0 spiro atoms. The van der Waals surface area contributed by atoms with Crippen LogP contribution in [0.15, 0.2) is 48.0 Å². The summed E-state index contributed by atoms with van der Waals surface area (Å²) in [5.74, 6) is 0.265. The number of aromatic nitrogens is 1. The molecule has 0 saturated carbocycles. The average molecular weight is 395 g/mol. The van der Waals surface area contributed by atoms with Gasteiger partial charge in [-0.3, -0.25) is 9.59 Å². The lowest BCUT2D eigenvalue weighted by Gasteiger charge is -2.26. The van der Waals surface area contributed by atoms with Gasteiger partial charge in [0.15, 0.2) is 6.61 Å². The highest BCUT2D eigenvalue weighted by Gasteiger charge is 2.17. The third-order valence-corrected chi connectivity index (χ3v) is 5.57. The van der Waals surface area contributed by atoms with Crippen LogP contribution in [0.1, 0.15) is 29.6 Å². The fraction of sp³-hybridized carbons (Fsp3) is 0.286. The number of carbonyl (C=O) groups is 2. The summed E-state index contributed by atoms with van der Waals surface area (Å²) < 4.78 is 6.71. The van der Waals surface area contributed by atoms with Crippen LogP contribution in [-0.4, -0.2) is 41.4 Å². The second kappa shape index (κ2) is 8.39. The van der Waals surface area contributed by atoms with Crippen LogP contribution in [0.5, 0.6) is 5.75 Å². The summed E-state index contributed by atoms with van der Waals surface area (Å²) in [7, 11) is 0. The first-order chi connectivity index (χ1) is 13.7. The van der Waals surface area contributed by atoms with Crippen molar-refractivity contribution in [2.75, 3.05) is 25.0 Å². The van der Waals surface area contributed by atoms with Gasteiger partial charge in [0.1, 0.15) is 5.75 Å². The molecule has 2 heterocycles. The van der Waals surface area contributed by atoms with Gasteiger partial charge < -0.3 is 15.0 Å². The Morgan fingerprint density at radius 2 is 1.96 bits per heavy atom. The number of benzene rings is 2. The second-order valence-electron chi connectivity index (χ2n) is 6.75. The van der Waals surface area contributed by atoms with Crippen molar-refractivity contribution in [3.63, 3.8) is 0 Å². The number of carbonyl (C=O) groups excluding carboxylic acids is 2. The van der Waals surface area contributed by atoms with E-state index >= 15 is 0 Å². The van der Waals surface area contributed by atoms with Gasteiger partial charge in [0.05, 0.1) is 15.7 Å². The Kier molecular flexibility index (Phi) is 5.53. The lowest BCUT2D eigenvalue weighted by atomic mass is 10.1.